The molecule has 4 N–H and O–H groups in total. The number of aromatic nitrogens is 4. The monoisotopic (exact) mass is 750 g/mol. The zero-order valence-electron chi connectivity index (χ0n) is 31.5. The van der Waals surface area contributed by atoms with Gasteiger partial charge in [0, 0.05) is 51.6 Å². The van der Waals surface area contributed by atoms with Gasteiger partial charge in [0.2, 0.25) is 0 Å². The van der Waals surface area contributed by atoms with Crippen LogP contribution in [0.4, 0.5) is 20.2 Å². The van der Waals surface area contributed by atoms with Crippen LogP contribution in [0.5, 0.6) is 11.5 Å². The van der Waals surface area contributed by atoms with Gasteiger partial charge >= 0.3 is 6.55 Å². The topological polar surface area (TPSA) is 159 Å². The van der Waals surface area contributed by atoms with Gasteiger partial charge in [0.1, 0.15) is 34.2 Å². The second-order valence-corrected chi connectivity index (χ2v) is 11.6. The summed E-state index contributed by atoms with van der Waals surface area (Å²) in [6.45, 7) is 11.1. The highest BCUT2D eigenvalue weighted by molar-refractivity contribution is 6.06. The predicted molar refractivity (Wildman–Crippen MR) is 210 cm³/mol. The van der Waals surface area contributed by atoms with Crippen molar-refractivity contribution in [3.63, 3.8) is 0 Å². The number of nitrogens with zero attached hydrogens (tertiary/aromatic N) is 5. The number of alkyl halides is 2. The van der Waals surface area contributed by atoms with Gasteiger partial charge in [0.15, 0.2) is 0 Å². The Morgan fingerprint density at radius 2 is 1.48 bits per heavy atom. The molecule has 1 aliphatic heterocycles. The van der Waals surface area contributed by atoms with Crippen LogP contribution in [0.2, 0.25) is 0 Å². The van der Waals surface area contributed by atoms with Gasteiger partial charge in [0.05, 0.1) is 43.5 Å². The molecule has 54 heavy (non-hydrogen) atoms. The molecule has 1 aliphatic rings. The second-order valence-electron chi connectivity index (χ2n) is 11.6. The quantitative estimate of drug-likeness (QED) is 0.0672. The smallest absolute Gasteiger partial charge is 0.331 e. The highest BCUT2D eigenvalue weighted by Crippen LogP contribution is 2.29. The van der Waals surface area contributed by atoms with Crippen LogP contribution in [0.15, 0.2) is 71.9 Å². The van der Waals surface area contributed by atoms with E-state index in [9.17, 15) is 18.4 Å². The number of nitrogens with one attached hydrogen (secondary N) is 2. The number of hydrogen-bond donors (Lipinski definition) is 3. The van der Waals surface area contributed by atoms with Crippen LogP contribution < -0.4 is 25.8 Å². The number of benzene rings is 1. The van der Waals surface area contributed by atoms with E-state index in [-0.39, 0.29) is 14.5 Å². The molecule has 292 valence electrons. The van der Waals surface area contributed by atoms with Gasteiger partial charge < -0.3 is 39.4 Å². The fraction of sp³-hybridized carbons (Fsp3) is 0.359. The van der Waals surface area contributed by atoms with Crippen molar-refractivity contribution in [2.45, 2.75) is 74.0 Å². The van der Waals surface area contributed by atoms with E-state index >= 15 is 0 Å². The third kappa shape index (κ3) is 10.6. The normalized spacial score (nSPS) is 12.5. The number of aliphatic imine (C=N–C) groups is 1. The molecule has 2 amide bonds. The highest BCUT2D eigenvalue weighted by atomic mass is 19.3. The first-order chi connectivity index (χ1) is 26.1. The molecule has 0 unspecified atom stereocenters. The number of ether oxygens (including phenoxy) is 3. The number of aryl methyl sites for hydroxylation is 2. The highest BCUT2D eigenvalue weighted by Gasteiger charge is 2.17. The third-order valence-electron chi connectivity index (χ3n) is 7.99. The number of anilines is 2. The Bertz CT molecular complexity index is 2120. The molecule has 0 saturated carbocycles. The lowest BCUT2D eigenvalue weighted by Crippen LogP contribution is -2.21. The molecule has 0 fully saturated rings. The molecule has 0 bridgehead atoms. The van der Waals surface area contributed by atoms with Crippen molar-refractivity contribution in [1.29, 1.82) is 0 Å². The van der Waals surface area contributed by atoms with Crippen LogP contribution in [0.25, 0.3) is 11.3 Å². The van der Waals surface area contributed by atoms with Crippen LogP contribution in [-0.2, 0) is 35.4 Å². The molecule has 1 aromatic carbocycles. The van der Waals surface area contributed by atoms with Crippen LogP contribution in [0.1, 0.15) is 77.3 Å². The Balaban J connectivity index is 0.000000359. The molecule has 0 spiro atoms. The van der Waals surface area contributed by atoms with Crippen molar-refractivity contribution in [3.8, 4) is 11.5 Å². The number of hydrogen-bond acceptors (Lipinski definition) is 9. The summed E-state index contributed by atoms with van der Waals surface area (Å²) in [4.78, 5) is 36.7. The minimum absolute atomic E-state index is 0. The number of nitrogens with two attached hydrogens (primary N) is 1. The predicted octanol–water partition coefficient (Wildman–Crippen LogP) is 7.51. The summed E-state index contributed by atoms with van der Waals surface area (Å²) in [5.41, 5.74) is 12.7. The summed E-state index contributed by atoms with van der Waals surface area (Å²) < 4.78 is 44.3. The standard InChI is InChI=1S/C21H23N3O3.C16H19F2N5O2.C2H6.2H2/c1-3-17-11-24-12-18(19(27-4-2)10-20(24)22-17)23-21(25)15-6-5-14-7-8-26-13-16(14)9-15;1-3-10-8-23-9-12(13(25-4-2)7-14(23)21-10)22-15(24)11(19)5-6-20-16(17)18;1-2;;/h5-6,9-12H,3-4,7-8,13H2,1-2H3,(H,23,25);5-9,16H,3-4,19H2,1-2H3,(H,22,24);1-2H3;2*1H/b;11-5-,20-6+;;;. The van der Waals surface area contributed by atoms with Gasteiger partial charge in [0.25, 0.3) is 11.8 Å². The number of imidazole rings is 2. The summed E-state index contributed by atoms with van der Waals surface area (Å²) >= 11 is 0. The van der Waals surface area contributed by atoms with E-state index in [2.05, 4.69) is 32.5 Å². The minimum Gasteiger partial charge on any atom is -0.491 e. The fourth-order valence-corrected chi connectivity index (χ4v) is 5.38. The lowest BCUT2D eigenvalue weighted by Gasteiger charge is -2.17. The van der Waals surface area contributed by atoms with Crippen molar-refractivity contribution in [2.75, 3.05) is 30.5 Å². The van der Waals surface area contributed by atoms with Crippen molar-refractivity contribution in [1.82, 2.24) is 18.8 Å². The average molecular weight is 751 g/mol. The number of carbonyl (C=O) groups is 2. The number of carbonyl (C=O) groups excluding carboxylic acids is 2. The summed E-state index contributed by atoms with van der Waals surface area (Å²) in [7, 11) is 0. The van der Waals surface area contributed by atoms with E-state index in [1.54, 1.807) is 16.7 Å². The summed E-state index contributed by atoms with van der Waals surface area (Å²) in [6.07, 6.45) is 11.6. The number of pyridine rings is 2. The molecule has 0 atom stereocenters. The van der Waals surface area contributed by atoms with E-state index in [4.69, 9.17) is 19.9 Å². The van der Waals surface area contributed by atoms with E-state index in [1.807, 2.05) is 81.9 Å². The van der Waals surface area contributed by atoms with Crippen molar-refractivity contribution < 1.29 is 35.4 Å². The minimum atomic E-state index is -2.85. The van der Waals surface area contributed by atoms with Crippen molar-refractivity contribution in [2.24, 2.45) is 10.7 Å². The van der Waals surface area contributed by atoms with Gasteiger partial charge in [-0.05, 0) is 62.4 Å². The van der Waals surface area contributed by atoms with Gasteiger partial charge in [-0.25, -0.2) is 15.0 Å². The summed E-state index contributed by atoms with van der Waals surface area (Å²) in [6, 6.07) is 9.36. The average Bonchev–Trinajstić information content (AvgIpc) is 3.78. The number of allylic oxidation sites excluding steroid dienone is 1. The van der Waals surface area contributed by atoms with Gasteiger partial charge in [-0.15, -0.1) is 0 Å². The van der Waals surface area contributed by atoms with E-state index in [0.717, 1.165) is 60.8 Å². The zero-order chi connectivity index (χ0) is 39.2. The molecule has 0 saturated heterocycles. The molecular weight excluding hydrogens is 698 g/mol. The Labute approximate surface area is 316 Å². The van der Waals surface area contributed by atoms with Crippen LogP contribution in [-0.4, -0.2) is 63.2 Å². The molecule has 5 aromatic rings. The van der Waals surface area contributed by atoms with E-state index < -0.39 is 12.5 Å². The van der Waals surface area contributed by atoms with E-state index in [1.165, 1.54) is 5.56 Å². The van der Waals surface area contributed by atoms with Gasteiger partial charge in [-0.3, -0.25) is 9.59 Å². The third-order valence-corrected chi connectivity index (χ3v) is 7.99. The molecule has 5 heterocycles. The summed E-state index contributed by atoms with van der Waals surface area (Å²) in [5.74, 6) is 0.231. The molecule has 0 aliphatic carbocycles. The maximum absolute atomic E-state index is 12.8. The van der Waals surface area contributed by atoms with Crippen LogP contribution in [0.3, 0.4) is 0 Å². The zero-order valence-corrected chi connectivity index (χ0v) is 31.5. The van der Waals surface area contributed by atoms with Gasteiger partial charge in [-0.2, -0.15) is 8.78 Å². The van der Waals surface area contributed by atoms with E-state index in [0.29, 0.717) is 53.9 Å². The lowest BCUT2D eigenvalue weighted by atomic mass is 10.00. The Morgan fingerprint density at radius 3 is 2.02 bits per heavy atom. The first-order valence-electron chi connectivity index (χ1n) is 18.0. The molecule has 0 radical (unpaired) electrons. The SMILES string of the molecule is CC.CCOc1cc2nc(CC)cn2cc1NC(=O)/C(N)=C/C=N/C(F)F.CCOc1cc2nc(CC)cn2cc1NC(=O)c1ccc2c(c1)COCC2.[HH].[HH]. The van der Waals surface area contributed by atoms with Crippen molar-refractivity contribution in [3.05, 3.63) is 95.0 Å². The Kier molecular flexibility index (Phi) is 15.0. The van der Waals surface area contributed by atoms with Crippen LogP contribution in [0, 0.1) is 0 Å². The second kappa shape index (κ2) is 19.9. The Morgan fingerprint density at radius 1 is 0.907 bits per heavy atom. The lowest BCUT2D eigenvalue weighted by molar-refractivity contribution is -0.112. The first kappa shape index (κ1) is 40.9. The molecule has 4 aromatic heterocycles. The molecule has 6 rings (SSSR count). The number of fused-ring (bicyclic) bond motifs is 3. The maximum Gasteiger partial charge on any atom is 0.331 e. The summed E-state index contributed by atoms with van der Waals surface area (Å²) in [5, 5.41) is 5.58. The molecular formula is C39H52F2N8O5. The maximum atomic E-state index is 12.8. The first-order valence-corrected chi connectivity index (χ1v) is 18.0. The van der Waals surface area contributed by atoms with Gasteiger partial charge in [-0.1, -0.05) is 33.8 Å². The fourth-order valence-electron chi connectivity index (χ4n) is 5.38. The van der Waals surface area contributed by atoms with Crippen molar-refractivity contribution >= 4 is 40.7 Å². The largest absolute Gasteiger partial charge is 0.491 e. The van der Waals surface area contributed by atoms with Crippen LogP contribution >= 0.6 is 0 Å². The Hall–Kier alpha value is -5.83. The number of halogens is 2. The molecule has 13 nitrogen and oxygen atoms in total. The number of amides is 2. The molecule has 15 heteroatoms. The number of rotatable bonds is 12.